The second-order valence-corrected chi connectivity index (χ2v) is 6.19. The van der Waals surface area contributed by atoms with Gasteiger partial charge in [0.15, 0.2) is 0 Å². The van der Waals surface area contributed by atoms with E-state index in [-0.39, 0.29) is 12.0 Å². The molecule has 5 heteroatoms. The molecule has 3 nitrogen and oxygen atoms in total. The van der Waals surface area contributed by atoms with Gasteiger partial charge in [0.05, 0.1) is 12.7 Å². The van der Waals surface area contributed by atoms with Crippen LogP contribution in [0.2, 0.25) is 0 Å². The zero-order valence-corrected chi connectivity index (χ0v) is 13.6. The van der Waals surface area contributed by atoms with Crippen molar-refractivity contribution in [2.24, 2.45) is 0 Å². The van der Waals surface area contributed by atoms with Crippen LogP contribution in [0.1, 0.15) is 23.2 Å². The van der Waals surface area contributed by atoms with Crippen LogP contribution in [-0.2, 0) is 4.74 Å². The lowest BCUT2D eigenvalue weighted by Crippen LogP contribution is -2.41. The summed E-state index contributed by atoms with van der Waals surface area (Å²) in [7, 11) is 0. The molecule has 2 rings (SSSR count). The third-order valence-electron chi connectivity index (χ3n) is 3.23. The van der Waals surface area contributed by atoms with Crippen LogP contribution in [0.3, 0.4) is 0 Å². The van der Waals surface area contributed by atoms with Gasteiger partial charge >= 0.3 is 0 Å². The summed E-state index contributed by atoms with van der Waals surface area (Å²) in [4.78, 5) is 14.2. The summed E-state index contributed by atoms with van der Waals surface area (Å²) in [6, 6.07) is 7.72. The van der Waals surface area contributed by atoms with E-state index >= 15 is 0 Å². The molecular formula is C14H17ClINO2. The number of benzene rings is 1. The monoisotopic (exact) mass is 393 g/mol. The number of likely N-dealkylation sites (tertiary alicyclic amines) is 1. The molecule has 0 aromatic heterocycles. The number of rotatable bonds is 4. The first kappa shape index (κ1) is 15.1. The van der Waals surface area contributed by atoms with Crippen molar-refractivity contribution >= 4 is 40.1 Å². The Hall–Kier alpha value is -0.330. The smallest absolute Gasteiger partial charge is 0.253 e. The number of carbonyl (C=O) groups is 1. The number of nitrogens with zero attached hydrogens (tertiary/aromatic N) is 1. The molecule has 0 radical (unpaired) electrons. The average molecular weight is 394 g/mol. The summed E-state index contributed by atoms with van der Waals surface area (Å²) in [5, 5.41) is 0. The summed E-state index contributed by atoms with van der Waals surface area (Å²) < 4.78 is 6.70. The van der Waals surface area contributed by atoms with E-state index in [9.17, 15) is 4.79 Å². The number of ether oxygens (including phenoxy) is 1. The van der Waals surface area contributed by atoms with Crippen molar-refractivity contribution in [3.63, 3.8) is 0 Å². The zero-order chi connectivity index (χ0) is 13.7. The molecule has 0 atom stereocenters. The van der Waals surface area contributed by atoms with Crippen LogP contribution in [0.5, 0.6) is 0 Å². The van der Waals surface area contributed by atoms with Crippen molar-refractivity contribution in [2.75, 3.05) is 25.6 Å². The predicted octanol–water partition coefficient (Wildman–Crippen LogP) is 3.15. The van der Waals surface area contributed by atoms with E-state index in [2.05, 4.69) is 22.6 Å². The highest BCUT2D eigenvalue weighted by Crippen LogP contribution is 2.17. The lowest BCUT2D eigenvalue weighted by molar-refractivity contribution is 0.0154. The molecule has 1 heterocycles. The molecule has 1 aliphatic rings. The van der Waals surface area contributed by atoms with Gasteiger partial charge in [-0.3, -0.25) is 4.79 Å². The summed E-state index contributed by atoms with van der Waals surface area (Å²) in [5.41, 5.74) is 0.770. The van der Waals surface area contributed by atoms with Gasteiger partial charge in [-0.05, 0) is 53.6 Å². The topological polar surface area (TPSA) is 29.5 Å². The van der Waals surface area contributed by atoms with Gasteiger partial charge in [-0.15, -0.1) is 11.6 Å². The maximum atomic E-state index is 12.3. The van der Waals surface area contributed by atoms with Crippen LogP contribution in [0, 0.1) is 3.57 Å². The standard InChI is InChI=1S/C14H17ClINO2/c15-6-9-19-13-4-7-17(8-5-13)14(18)11-2-1-3-12(16)10-11/h1-3,10,13H,4-9H2. The van der Waals surface area contributed by atoms with Gasteiger partial charge in [-0.25, -0.2) is 0 Å². The molecule has 1 amide bonds. The third-order valence-corrected chi connectivity index (χ3v) is 4.06. The molecule has 0 N–H and O–H groups in total. The summed E-state index contributed by atoms with van der Waals surface area (Å²) >= 11 is 7.83. The highest BCUT2D eigenvalue weighted by Gasteiger charge is 2.23. The number of halogens is 2. The Labute approximate surface area is 132 Å². The fourth-order valence-electron chi connectivity index (χ4n) is 2.24. The van der Waals surface area contributed by atoms with Gasteiger partial charge in [0.1, 0.15) is 0 Å². The Morgan fingerprint density at radius 1 is 1.42 bits per heavy atom. The van der Waals surface area contributed by atoms with Crippen molar-refractivity contribution in [3.8, 4) is 0 Å². The molecule has 1 aliphatic heterocycles. The number of hydrogen-bond acceptors (Lipinski definition) is 2. The van der Waals surface area contributed by atoms with Crippen molar-refractivity contribution in [1.29, 1.82) is 0 Å². The van der Waals surface area contributed by atoms with Crippen molar-refractivity contribution < 1.29 is 9.53 Å². The molecule has 19 heavy (non-hydrogen) atoms. The first-order valence-corrected chi connectivity index (χ1v) is 8.04. The summed E-state index contributed by atoms with van der Waals surface area (Å²) in [6.45, 7) is 2.12. The third kappa shape index (κ3) is 4.33. The Bertz CT molecular complexity index is 433. The number of carbonyl (C=O) groups excluding carboxylic acids is 1. The van der Waals surface area contributed by atoms with Gasteiger partial charge in [-0.2, -0.15) is 0 Å². The Balaban J connectivity index is 1.89. The van der Waals surface area contributed by atoms with Crippen molar-refractivity contribution in [1.82, 2.24) is 4.90 Å². The van der Waals surface area contributed by atoms with E-state index in [1.165, 1.54) is 0 Å². The Morgan fingerprint density at radius 2 is 2.16 bits per heavy atom. The molecule has 1 aromatic carbocycles. The highest BCUT2D eigenvalue weighted by molar-refractivity contribution is 14.1. The number of alkyl halides is 1. The minimum absolute atomic E-state index is 0.120. The van der Waals surface area contributed by atoms with E-state index in [1.54, 1.807) is 0 Å². The molecule has 0 saturated carbocycles. The Kier molecular flexibility index (Phi) is 5.91. The normalized spacial score (nSPS) is 16.6. The molecule has 104 valence electrons. The second kappa shape index (κ2) is 7.45. The minimum atomic E-state index is 0.120. The summed E-state index contributed by atoms with van der Waals surface area (Å²) in [6.07, 6.45) is 2.04. The van der Waals surface area contributed by atoms with Gasteiger partial charge in [0, 0.05) is 28.1 Å². The molecule has 0 spiro atoms. The van der Waals surface area contributed by atoms with Gasteiger partial charge < -0.3 is 9.64 Å². The number of amides is 1. The first-order chi connectivity index (χ1) is 9.20. The second-order valence-electron chi connectivity index (χ2n) is 4.56. The van der Waals surface area contributed by atoms with Crippen LogP contribution in [0.15, 0.2) is 24.3 Å². The Morgan fingerprint density at radius 3 is 2.79 bits per heavy atom. The van der Waals surface area contributed by atoms with Crippen LogP contribution in [0.4, 0.5) is 0 Å². The van der Waals surface area contributed by atoms with Crippen molar-refractivity contribution in [2.45, 2.75) is 18.9 Å². The van der Waals surface area contributed by atoms with E-state index in [0.29, 0.717) is 12.5 Å². The van der Waals surface area contributed by atoms with Gasteiger partial charge in [0.2, 0.25) is 0 Å². The fourth-order valence-corrected chi connectivity index (χ4v) is 2.87. The largest absolute Gasteiger partial charge is 0.377 e. The van der Waals surface area contributed by atoms with E-state index in [0.717, 1.165) is 35.1 Å². The quantitative estimate of drug-likeness (QED) is 0.581. The van der Waals surface area contributed by atoms with E-state index in [4.69, 9.17) is 16.3 Å². The van der Waals surface area contributed by atoms with E-state index < -0.39 is 0 Å². The van der Waals surface area contributed by atoms with E-state index in [1.807, 2.05) is 29.2 Å². The van der Waals surface area contributed by atoms with Crippen LogP contribution < -0.4 is 0 Å². The molecule has 0 bridgehead atoms. The SMILES string of the molecule is O=C(c1cccc(I)c1)N1CCC(OCCCl)CC1. The maximum Gasteiger partial charge on any atom is 0.253 e. The van der Waals surface area contributed by atoms with Crippen LogP contribution in [-0.4, -0.2) is 42.5 Å². The lowest BCUT2D eigenvalue weighted by atomic mass is 10.1. The molecule has 1 aromatic rings. The molecule has 0 aliphatic carbocycles. The first-order valence-electron chi connectivity index (χ1n) is 6.43. The number of piperidine rings is 1. The lowest BCUT2D eigenvalue weighted by Gasteiger charge is -2.32. The van der Waals surface area contributed by atoms with Gasteiger partial charge in [-0.1, -0.05) is 6.07 Å². The molecule has 1 saturated heterocycles. The average Bonchev–Trinajstić information content (AvgIpc) is 2.45. The fraction of sp³-hybridized carbons (Fsp3) is 0.500. The maximum absolute atomic E-state index is 12.3. The molecular weight excluding hydrogens is 377 g/mol. The molecule has 0 unspecified atom stereocenters. The minimum Gasteiger partial charge on any atom is -0.377 e. The van der Waals surface area contributed by atoms with Crippen molar-refractivity contribution in [3.05, 3.63) is 33.4 Å². The van der Waals surface area contributed by atoms with Gasteiger partial charge in [0.25, 0.3) is 5.91 Å². The summed E-state index contributed by atoms with van der Waals surface area (Å²) in [5.74, 6) is 0.649. The highest BCUT2D eigenvalue weighted by atomic mass is 127. The van der Waals surface area contributed by atoms with Crippen LogP contribution in [0.25, 0.3) is 0 Å². The number of hydrogen-bond donors (Lipinski definition) is 0. The molecule has 1 fully saturated rings. The predicted molar refractivity (Wildman–Crippen MR) is 84.8 cm³/mol. The van der Waals surface area contributed by atoms with Crippen LogP contribution >= 0.6 is 34.2 Å². The zero-order valence-electron chi connectivity index (χ0n) is 10.6.